The van der Waals surface area contributed by atoms with Gasteiger partial charge >= 0.3 is 0 Å². The van der Waals surface area contributed by atoms with Crippen molar-refractivity contribution in [3.8, 4) is 0 Å². The fourth-order valence-electron chi connectivity index (χ4n) is 1.54. The van der Waals surface area contributed by atoms with E-state index in [1.807, 2.05) is 24.6 Å². The molecule has 0 aromatic carbocycles. The molecule has 1 rings (SSSR count). The minimum absolute atomic E-state index is 0.0733. The summed E-state index contributed by atoms with van der Waals surface area (Å²) >= 11 is 0. The molecule has 5 nitrogen and oxygen atoms in total. The first kappa shape index (κ1) is 12.7. The molecule has 0 aliphatic rings. The molecule has 1 heterocycles. The highest BCUT2D eigenvalue weighted by molar-refractivity contribution is 5.77. The van der Waals surface area contributed by atoms with Gasteiger partial charge in [-0.25, -0.2) is 0 Å². The van der Waals surface area contributed by atoms with Gasteiger partial charge in [0.15, 0.2) is 0 Å². The fraction of sp³-hybridized carbons (Fsp3) is 0.636. The topological polar surface area (TPSA) is 56.1 Å². The van der Waals surface area contributed by atoms with Crippen LogP contribution in [0.5, 0.6) is 0 Å². The van der Waals surface area contributed by atoms with E-state index in [1.54, 1.807) is 0 Å². The zero-order valence-electron chi connectivity index (χ0n) is 10.1. The third kappa shape index (κ3) is 4.02. The van der Waals surface area contributed by atoms with Crippen molar-refractivity contribution in [1.29, 1.82) is 0 Å². The molecule has 90 valence electrons. The highest BCUT2D eigenvalue weighted by Crippen LogP contribution is 2.01. The molecule has 0 fully saturated rings. The normalized spacial score (nSPS) is 10.4. The zero-order valence-corrected chi connectivity index (χ0v) is 10.1. The van der Waals surface area contributed by atoms with Crippen LogP contribution in [-0.4, -0.2) is 35.9 Å². The average Bonchev–Trinajstić information content (AvgIpc) is 2.53. The number of rotatable bonds is 6. The van der Waals surface area contributed by atoms with E-state index in [1.165, 1.54) is 7.11 Å². The molecule has 1 N–H and O–H groups in total. The van der Waals surface area contributed by atoms with Crippen LogP contribution in [0.4, 0.5) is 0 Å². The van der Waals surface area contributed by atoms with Gasteiger partial charge in [-0.3, -0.25) is 9.48 Å². The Balaban J connectivity index is 2.21. The maximum absolute atomic E-state index is 11.1. The number of hydrogen-bond acceptors (Lipinski definition) is 3. The minimum Gasteiger partial charge on any atom is -0.375 e. The van der Waals surface area contributed by atoms with Gasteiger partial charge in [0, 0.05) is 25.9 Å². The molecule has 5 heteroatoms. The summed E-state index contributed by atoms with van der Waals surface area (Å²) < 4.78 is 6.67. The number of carbonyl (C=O) groups is 1. The summed E-state index contributed by atoms with van der Waals surface area (Å²) in [4.78, 5) is 11.1. The lowest BCUT2D eigenvalue weighted by molar-refractivity contribution is -0.124. The number of aromatic nitrogens is 2. The van der Waals surface area contributed by atoms with Crippen LogP contribution in [0.3, 0.4) is 0 Å². The molecular formula is C11H19N3O2. The number of methoxy groups -OCH3 is 1. The van der Waals surface area contributed by atoms with Gasteiger partial charge in [-0.05, 0) is 26.3 Å². The van der Waals surface area contributed by atoms with Crippen LogP contribution in [0.1, 0.15) is 17.8 Å². The Hall–Kier alpha value is -1.36. The van der Waals surface area contributed by atoms with E-state index in [0.717, 1.165) is 24.4 Å². The fourth-order valence-corrected chi connectivity index (χ4v) is 1.54. The molecule has 0 aliphatic heterocycles. The number of nitrogens with one attached hydrogen (secondary N) is 1. The first-order chi connectivity index (χ1) is 7.63. The van der Waals surface area contributed by atoms with E-state index in [9.17, 15) is 4.79 Å². The summed E-state index contributed by atoms with van der Waals surface area (Å²) in [6.45, 7) is 5.61. The van der Waals surface area contributed by atoms with Crippen molar-refractivity contribution in [3.05, 3.63) is 17.5 Å². The van der Waals surface area contributed by atoms with Crippen LogP contribution in [0.25, 0.3) is 0 Å². The molecule has 1 aromatic heterocycles. The maximum atomic E-state index is 11.1. The van der Waals surface area contributed by atoms with Gasteiger partial charge in [0.2, 0.25) is 5.91 Å². The lowest BCUT2D eigenvalue weighted by atomic mass is 10.4. The monoisotopic (exact) mass is 225 g/mol. The van der Waals surface area contributed by atoms with Crippen molar-refractivity contribution >= 4 is 5.91 Å². The Bertz CT molecular complexity index is 347. The zero-order chi connectivity index (χ0) is 12.0. The Kier molecular flexibility index (Phi) is 4.98. The quantitative estimate of drug-likeness (QED) is 0.723. The number of nitrogens with zero attached hydrogens (tertiary/aromatic N) is 2. The molecule has 0 radical (unpaired) electrons. The molecule has 0 spiro atoms. The van der Waals surface area contributed by atoms with Crippen LogP contribution in [0.2, 0.25) is 0 Å². The van der Waals surface area contributed by atoms with Crippen LogP contribution >= 0.6 is 0 Å². The average molecular weight is 225 g/mol. The molecule has 0 saturated heterocycles. The van der Waals surface area contributed by atoms with Gasteiger partial charge in [0.25, 0.3) is 0 Å². The van der Waals surface area contributed by atoms with E-state index >= 15 is 0 Å². The van der Waals surface area contributed by atoms with Gasteiger partial charge in [0.05, 0.1) is 5.69 Å². The van der Waals surface area contributed by atoms with Crippen LogP contribution < -0.4 is 5.32 Å². The Morgan fingerprint density at radius 1 is 1.56 bits per heavy atom. The predicted molar refractivity (Wildman–Crippen MR) is 61.2 cm³/mol. The molecule has 0 aliphatic carbocycles. The van der Waals surface area contributed by atoms with Crippen molar-refractivity contribution in [3.63, 3.8) is 0 Å². The third-order valence-corrected chi connectivity index (χ3v) is 2.25. The first-order valence-corrected chi connectivity index (χ1v) is 5.40. The summed E-state index contributed by atoms with van der Waals surface area (Å²) in [7, 11) is 1.51. The summed E-state index contributed by atoms with van der Waals surface area (Å²) in [6.07, 6.45) is 0.872. The molecule has 0 bridgehead atoms. The Morgan fingerprint density at radius 2 is 2.31 bits per heavy atom. The van der Waals surface area contributed by atoms with Crippen LogP contribution in [0.15, 0.2) is 6.07 Å². The number of amides is 1. The van der Waals surface area contributed by atoms with E-state index in [0.29, 0.717) is 6.54 Å². The van der Waals surface area contributed by atoms with Crippen LogP contribution in [-0.2, 0) is 16.1 Å². The highest BCUT2D eigenvalue weighted by atomic mass is 16.5. The van der Waals surface area contributed by atoms with Crippen LogP contribution in [0, 0.1) is 13.8 Å². The first-order valence-electron chi connectivity index (χ1n) is 5.40. The molecular weight excluding hydrogens is 206 g/mol. The molecule has 0 unspecified atom stereocenters. The summed E-state index contributed by atoms with van der Waals surface area (Å²) in [5.74, 6) is -0.0733. The van der Waals surface area contributed by atoms with Gasteiger partial charge in [-0.2, -0.15) is 5.10 Å². The number of hydrogen-bond donors (Lipinski definition) is 1. The number of carbonyl (C=O) groups excluding carboxylic acids is 1. The van der Waals surface area contributed by atoms with Gasteiger partial charge in [-0.1, -0.05) is 0 Å². The maximum Gasteiger partial charge on any atom is 0.245 e. The van der Waals surface area contributed by atoms with Gasteiger partial charge in [0.1, 0.15) is 6.61 Å². The summed E-state index contributed by atoms with van der Waals surface area (Å²) in [6, 6.07) is 2.05. The van der Waals surface area contributed by atoms with E-state index in [2.05, 4.69) is 10.4 Å². The molecule has 0 saturated carbocycles. The SMILES string of the molecule is COCC(=O)NCCCn1nc(C)cc1C. The van der Waals surface area contributed by atoms with Crippen molar-refractivity contribution in [2.75, 3.05) is 20.3 Å². The van der Waals surface area contributed by atoms with Crippen molar-refractivity contribution in [2.24, 2.45) is 0 Å². The summed E-state index contributed by atoms with van der Waals surface area (Å²) in [5, 5.41) is 7.12. The van der Waals surface area contributed by atoms with E-state index in [-0.39, 0.29) is 12.5 Å². The van der Waals surface area contributed by atoms with Gasteiger partial charge in [-0.15, -0.1) is 0 Å². The standard InChI is InChI=1S/C11H19N3O2/c1-9-7-10(2)14(13-9)6-4-5-12-11(15)8-16-3/h7H,4-6,8H2,1-3H3,(H,12,15). The lowest BCUT2D eigenvalue weighted by Crippen LogP contribution is -2.28. The van der Waals surface area contributed by atoms with E-state index in [4.69, 9.17) is 4.74 Å². The largest absolute Gasteiger partial charge is 0.375 e. The summed E-state index contributed by atoms with van der Waals surface area (Å²) in [5.41, 5.74) is 2.18. The van der Waals surface area contributed by atoms with Crippen molar-refractivity contribution in [1.82, 2.24) is 15.1 Å². The molecule has 1 aromatic rings. The second kappa shape index (κ2) is 6.27. The highest BCUT2D eigenvalue weighted by Gasteiger charge is 2.01. The number of aryl methyl sites for hydroxylation is 3. The van der Waals surface area contributed by atoms with Crippen molar-refractivity contribution < 1.29 is 9.53 Å². The molecule has 0 atom stereocenters. The third-order valence-electron chi connectivity index (χ3n) is 2.25. The predicted octanol–water partition coefficient (Wildman–Crippen LogP) is 0.653. The van der Waals surface area contributed by atoms with E-state index < -0.39 is 0 Å². The Morgan fingerprint density at radius 3 is 2.88 bits per heavy atom. The second-order valence-electron chi connectivity index (χ2n) is 3.79. The lowest BCUT2D eigenvalue weighted by Gasteiger charge is -2.06. The second-order valence-corrected chi connectivity index (χ2v) is 3.79. The van der Waals surface area contributed by atoms with Crippen molar-refractivity contribution in [2.45, 2.75) is 26.8 Å². The number of ether oxygens (including phenoxy) is 1. The smallest absolute Gasteiger partial charge is 0.245 e. The van der Waals surface area contributed by atoms with Gasteiger partial charge < -0.3 is 10.1 Å². The molecule has 1 amide bonds. The molecule has 16 heavy (non-hydrogen) atoms. The minimum atomic E-state index is -0.0733. The Labute approximate surface area is 95.8 Å².